The average molecular weight is 257 g/mol. The molecule has 3 aliphatic rings. The van der Waals surface area contributed by atoms with Crippen LogP contribution in [0.1, 0.15) is 25.7 Å². The third-order valence-corrected chi connectivity index (χ3v) is 5.22. The van der Waals surface area contributed by atoms with Crippen molar-refractivity contribution < 1.29 is 14.3 Å². The monoisotopic (exact) mass is 257 g/mol. The minimum Gasteiger partial charge on any atom is -0.347 e. The van der Waals surface area contributed by atoms with Crippen LogP contribution in [0.2, 0.25) is 0 Å². The fraction of sp³-hybridized carbons (Fsp3) is 0.917. The van der Waals surface area contributed by atoms with E-state index >= 15 is 0 Å². The van der Waals surface area contributed by atoms with E-state index < -0.39 is 0 Å². The highest BCUT2D eigenvalue weighted by atomic mass is 32.2. The van der Waals surface area contributed by atoms with Crippen LogP contribution in [-0.4, -0.2) is 53.9 Å². The van der Waals surface area contributed by atoms with E-state index in [0.717, 1.165) is 38.1 Å². The first-order chi connectivity index (χ1) is 8.29. The molecule has 0 bridgehead atoms. The first-order valence-electron chi connectivity index (χ1n) is 6.47. The lowest BCUT2D eigenvalue weighted by atomic mass is 10.0. The summed E-state index contributed by atoms with van der Waals surface area (Å²) < 4.78 is 11.3. The molecule has 0 saturated carbocycles. The smallest absolute Gasteiger partial charge is 0.235 e. The van der Waals surface area contributed by atoms with Gasteiger partial charge in [0.1, 0.15) is 0 Å². The van der Waals surface area contributed by atoms with Gasteiger partial charge in [0, 0.05) is 25.9 Å². The number of nitrogens with zero attached hydrogens (tertiary/aromatic N) is 1. The highest BCUT2D eigenvalue weighted by molar-refractivity contribution is 8.00. The van der Waals surface area contributed by atoms with Gasteiger partial charge in [-0.25, -0.2) is 0 Å². The van der Waals surface area contributed by atoms with Crippen molar-refractivity contribution in [2.45, 2.75) is 36.7 Å². The molecular weight excluding hydrogens is 238 g/mol. The van der Waals surface area contributed by atoms with Gasteiger partial charge in [0.25, 0.3) is 0 Å². The van der Waals surface area contributed by atoms with Gasteiger partial charge in [-0.15, -0.1) is 11.8 Å². The maximum absolute atomic E-state index is 12.2. The molecule has 1 spiro atoms. The van der Waals surface area contributed by atoms with E-state index in [-0.39, 0.29) is 11.0 Å². The van der Waals surface area contributed by atoms with Crippen molar-refractivity contribution >= 4 is 17.7 Å². The van der Waals surface area contributed by atoms with Crippen molar-refractivity contribution in [3.05, 3.63) is 0 Å². The summed E-state index contributed by atoms with van der Waals surface area (Å²) in [5.41, 5.74) is 0. The predicted octanol–water partition coefficient (Wildman–Crippen LogP) is 1.25. The Balaban J connectivity index is 1.55. The van der Waals surface area contributed by atoms with Crippen molar-refractivity contribution in [1.29, 1.82) is 0 Å². The summed E-state index contributed by atoms with van der Waals surface area (Å²) in [7, 11) is 0. The van der Waals surface area contributed by atoms with Crippen molar-refractivity contribution in [1.82, 2.24) is 4.90 Å². The van der Waals surface area contributed by atoms with Crippen LogP contribution >= 0.6 is 11.8 Å². The Morgan fingerprint density at radius 1 is 1.24 bits per heavy atom. The first-order valence-corrected chi connectivity index (χ1v) is 7.52. The number of carbonyl (C=O) groups is 1. The van der Waals surface area contributed by atoms with Crippen LogP contribution in [0.4, 0.5) is 0 Å². The number of piperidine rings is 1. The third-order valence-electron chi connectivity index (χ3n) is 3.86. The number of amides is 1. The molecule has 17 heavy (non-hydrogen) atoms. The summed E-state index contributed by atoms with van der Waals surface area (Å²) in [4.78, 5) is 14.2. The van der Waals surface area contributed by atoms with Crippen LogP contribution < -0.4 is 0 Å². The summed E-state index contributed by atoms with van der Waals surface area (Å²) in [5, 5.41) is 0.217. The summed E-state index contributed by atoms with van der Waals surface area (Å²) in [5.74, 6) is 1.11. The minimum absolute atomic E-state index is 0.217. The normalized spacial score (nSPS) is 32.2. The maximum Gasteiger partial charge on any atom is 0.235 e. The highest BCUT2D eigenvalue weighted by Crippen LogP contribution is 2.33. The molecule has 4 nitrogen and oxygen atoms in total. The number of hydrogen-bond acceptors (Lipinski definition) is 4. The van der Waals surface area contributed by atoms with E-state index in [9.17, 15) is 4.79 Å². The summed E-state index contributed by atoms with van der Waals surface area (Å²) in [6, 6.07) is 0. The molecule has 0 aromatic carbocycles. The molecule has 0 aromatic rings. The maximum atomic E-state index is 12.2. The number of ether oxygens (including phenoxy) is 2. The van der Waals surface area contributed by atoms with Gasteiger partial charge in [-0.1, -0.05) is 0 Å². The van der Waals surface area contributed by atoms with E-state index in [4.69, 9.17) is 9.47 Å². The SMILES string of the molecule is O=C(C1CCCS1)N1CCC2(CC1)OCCO2. The quantitative estimate of drug-likeness (QED) is 0.708. The summed E-state index contributed by atoms with van der Waals surface area (Å²) in [6.07, 6.45) is 3.90. The number of likely N-dealkylation sites (tertiary alicyclic amines) is 1. The Morgan fingerprint density at radius 2 is 1.94 bits per heavy atom. The Kier molecular flexibility index (Phi) is 3.32. The topological polar surface area (TPSA) is 38.8 Å². The molecule has 1 atom stereocenters. The second-order valence-electron chi connectivity index (χ2n) is 4.93. The Morgan fingerprint density at radius 3 is 2.53 bits per heavy atom. The Labute approximate surface area is 106 Å². The molecule has 1 unspecified atom stereocenters. The fourth-order valence-corrected chi connectivity index (χ4v) is 4.07. The van der Waals surface area contributed by atoms with Crippen molar-refractivity contribution in [2.24, 2.45) is 0 Å². The second-order valence-corrected chi connectivity index (χ2v) is 6.25. The molecule has 3 aliphatic heterocycles. The van der Waals surface area contributed by atoms with Crippen LogP contribution in [0.3, 0.4) is 0 Å². The largest absolute Gasteiger partial charge is 0.347 e. The Bertz CT molecular complexity index is 288. The zero-order valence-electron chi connectivity index (χ0n) is 10.0. The standard InChI is InChI=1S/C12H19NO3S/c14-11(10-2-1-9-17-10)13-5-3-12(4-6-13)15-7-8-16-12/h10H,1-9H2. The molecule has 3 rings (SSSR count). The molecule has 3 heterocycles. The molecule has 96 valence electrons. The van der Waals surface area contributed by atoms with E-state index in [0.29, 0.717) is 19.1 Å². The highest BCUT2D eigenvalue weighted by Gasteiger charge is 2.41. The molecule has 3 saturated heterocycles. The number of thioether (sulfide) groups is 1. The van der Waals surface area contributed by atoms with Gasteiger partial charge < -0.3 is 14.4 Å². The van der Waals surface area contributed by atoms with Crippen molar-refractivity contribution in [2.75, 3.05) is 32.1 Å². The molecular formula is C12H19NO3S. The van der Waals surface area contributed by atoms with Crippen molar-refractivity contribution in [3.63, 3.8) is 0 Å². The molecule has 0 aliphatic carbocycles. The third kappa shape index (κ3) is 2.33. The van der Waals surface area contributed by atoms with Gasteiger partial charge in [0.05, 0.1) is 18.5 Å². The molecule has 0 radical (unpaired) electrons. The number of hydrogen-bond donors (Lipinski definition) is 0. The zero-order valence-corrected chi connectivity index (χ0v) is 10.8. The molecule has 0 N–H and O–H groups in total. The lowest BCUT2D eigenvalue weighted by Crippen LogP contribution is -2.49. The first kappa shape index (κ1) is 11.8. The molecule has 3 fully saturated rings. The molecule has 0 aromatic heterocycles. The van der Waals surface area contributed by atoms with Crippen molar-refractivity contribution in [3.8, 4) is 0 Å². The lowest BCUT2D eigenvalue weighted by molar-refractivity contribution is -0.187. The summed E-state index contributed by atoms with van der Waals surface area (Å²) in [6.45, 7) is 2.98. The van der Waals surface area contributed by atoms with Gasteiger partial charge >= 0.3 is 0 Å². The van der Waals surface area contributed by atoms with Crippen LogP contribution in [0.25, 0.3) is 0 Å². The number of carbonyl (C=O) groups excluding carboxylic acids is 1. The van der Waals surface area contributed by atoms with Gasteiger partial charge in [0.15, 0.2) is 5.79 Å². The summed E-state index contributed by atoms with van der Waals surface area (Å²) >= 11 is 1.81. The van der Waals surface area contributed by atoms with Gasteiger partial charge in [0.2, 0.25) is 5.91 Å². The van der Waals surface area contributed by atoms with Gasteiger partial charge in [-0.2, -0.15) is 0 Å². The Hall–Kier alpha value is -0.260. The van der Waals surface area contributed by atoms with Crippen LogP contribution in [0.5, 0.6) is 0 Å². The van der Waals surface area contributed by atoms with Crippen LogP contribution in [-0.2, 0) is 14.3 Å². The van der Waals surface area contributed by atoms with Crippen LogP contribution in [0.15, 0.2) is 0 Å². The molecule has 5 heteroatoms. The predicted molar refractivity (Wildman–Crippen MR) is 65.9 cm³/mol. The van der Waals surface area contributed by atoms with Gasteiger partial charge in [-0.3, -0.25) is 4.79 Å². The van der Waals surface area contributed by atoms with E-state index in [1.807, 2.05) is 16.7 Å². The fourth-order valence-electron chi connectivity index (χ4n) is 2.83. The second kappa shape index (κ2) is 4.78. The number of rotatable bonds is 1. The van der Waals surface area contributed by atoms with E-state index in [1.54, 1.807) is 0 Å². The van der Waals surface area contributed by atoms with Crippen LogP contribution in [0, 0.1) is 0 Å². The minimum atomic E-state index is -0.362. The molecule has 1 amide bonds. The van der Waals surface area contributed by atoms with E-state index in [1.165, 1.54) is 6.42 Å². The van der Waals surface area contributed by atoms with Gasteiger partial charge in [-0.05, 0) is 18.6 Å². The van der Waals surface area contributed by atoms with E-state index in [2.05, 4.69) is 0 Å². The zero-order chi connectivity index (χ0) is 11.7. The lowest BCUT2D eigenvalue weighted by Gasteiger charge is -2.38. The average Bonchev–Trinajstić information content (AvgIpc) is 3.01.